The zero-order chi connectivity index (χ0) is 14.1. The van der Waals surface area contributed by atoms with Gasteiger partial charge in [-0.3, -0.25) is 0 Å². The molecule has 1 aliphatic carbocycles. The fourth-order valence-electron chi connectivity index (χ4n) is 4.83. The quantitative estimate of drug-likeness (QED) is 0.688. The minimum absolute atomic E-state index is 0.176. The molecule has 114 valence electrons. The van der Waals surface area contributed by atoms with E-state index in [-0.39, 0.29) is 30.1 Å². The van der Waals surface area contributed by atoms with Crippen LogP contribution in [0.25, 0.3) is 0 Å². The summed E-state index contributed by atoms with van der Waals surface area (Å²) in [5, 5.41) is 10.4. The van der Waals surface area contributed by atoms with Crippen molar-refractivity contribution in [2.24, 2.45) is 23.7 Å². The summed E-state index contributed by atoms with van der Waals surface area (Å²) in [7, 11) is 0. The van der Waals surface area contributed by atoms with Crippen LogP contribution in [0.15, 0.2) is 0 Å². The first-order valence-corrected chi connectivity index (χ1v) is 7.80. The molecule has 0 aromatic rings. The molecule has 5 heteroatoms. The van der Waals surface area contributed by atoms with Crippen LogP contribution in [0.3, 0.4) is 0 Å². The molecular weight excluding hydrogens is 260 g/mol. The van der Waals surface area contributed by atoms with E-state index >= 15 is 0 Å². The number of rotatable bonds is 0. The third-order valence-corrected chi connectivity index (χ3v) is 6.09. The molecular formula is C15H24O5. The van der Waals surface area contributed by atoms with Crippen molar-refractivity contribution in [1.29, 1.82) is 0 Å². The fraction of sp³-hybridized carbons (Fsp3) is 1.00. The van der Waals surface area contributed by atoms with Gasteiger partial charge in [0.05, 0.1) is 12.7 Å². The maximum Gasteiger partial charge on any atom is 0.201 e. The van der Waals surface area contributed by atoms with Gasteiger partial charge in [-0.15, -0.1) is 0 Å². The minimum atomic E-state index is -0.719. The zero-order valence-electron chi connectivity index (χ0n) is 12.4. The van der Waals surface area contributed by atoms with E-state index in [4.69, 9.17) is 19.2 Å². The van der Waals surface area contributed by atoms with Crippen molar-refractivity contribution in [3.8, 4) is 0 Å². The van der Waals surface area contributed by atoms with Gasteiger partial charge < -0.3 is 14.6 Å². The van der Waals surface area contributed by atoms with E-state index in [1.807, 2.05) is 6.92 Å². The van der Waals surface area contributed by atoms with Crippen LogP contribution in [0.2, 0.25) is 0 Å². The average molecular weight is 284 g/mol. The van der Waals surface area contributed by atoms with Crippen molar-refractivity contribution >= 4 is 0 Å². The molecule has 8 atom stereocenters. The molecule has 1 unspecified atom stereocenters. The Hall–Kier alpha value is -0.200. The molecule has 2 bridgehead atoms. The molecule has 4 saturated heterocycles. The Morgan fingerprint density at radius 1 is 1.15 bits per heavy atom. The SMILES string of the molecule is C[C@@H]1[C@@H](O)C[C@H]2[C@@H](C)CO[C@@H]3O[C@]4(C)CC[C@@H]1C32OO4. The van der Waals surface area contributed by atoms with Crippen molar-refractivity contribution in [1.82, 2.24) is 0 Å². The molecule has 4 aliphatic heterocycles. The van der Waals surface area contributed by atoms with Gasteiger partial charge in [0.15, 0.2) is 11.9 Å². The molecule has 5 fully saturated rings. The first-order valence-electron chi connectivity index (χ1n) is 7.80. The van der Waals surface area contributed by atoms with Gasteiger partial charge in [0, 0.05) is 18.3 Å². The predicted octanol–water partition coefficient (Wildman–Crippen LogP) is 1.84. The van der Waals surface area contributed by atoms with E-state index in [1.54, 1.807) is 0 Å². The highest BCUT2D eigenvalue weighted by Gasteiger charge is 2.69. The van der Waals surface area contributed by atoms with Crippen LogP contribution in [-0.4, -0.2) is 35.5 Å². The standard InChI is InChI=1S/C15H24O5/c1-8-7-17-13-15-10(9(2)12(16)6-11(8)15)4-5-14(3,18-13)19-20-15/h8-13,16H,4-7H2,1-3H3/t8-,9-,10-,11-,12-,13+,14-,15?/m0/s1. The predicted molar refractivity (Wildman–Crippen MR) is 69.3 cm³/mol. The molecule has 20 heavy (non-hydrogen) atoms. The highest BCUT2D eigenvalue weighted by atomic mass is 17.3. The van der Waals surface area contributed by atoms with Crippen molar-refractivity contribution in [3.63, 3.8) is 0 Å². The largest absolute Gasteiger partial charge is 0.393 e. The average Bonchev–Trinajstić information content (AvgIpc) is 2.64. The van der Waals surface area contributed by atoms with Crippen LogP contribution in [0, 0.1) is 23.7 Å². The Morgan fingerprint density at radius 3 is 2.75 bits per heavy atom. The number of hydrogen-bond donors (Lipinski definition) is 1. The van der Waals surface area contributed by atoms with Gasteiger partial charge in [-0.05, 0) is 31.6 Å². The van der Waals surface area contributed by atoms with E-state index in [1.165, 1.54) is 0 Å². The fourth-order valence-corrected chi connectivity index (χ4v) is 4.83. The van der Waals surface area contributed by atoms with E-state index in [0.717, 1.165) is 19.3 Å². The molecule has 1 N–H and O–H groups in total. The summed E-state index contributed by atoms with van der Waals surface area (Å²) < 4.78 is 12.1. The molecule has 5 nitrogen and oxygen atoms in total. The number of fused-ring (bicyclic) bond motifs is 2. The number of hydrogen-bond acceptors (Lipinski definition) is 5. The Kier molecular flexibility index (Phi) is 2.81. The Labute approximate surface area is 119 Å². The lowest BCUT2D eigenvalue weighted by atomic mass is 9.57. The van der Waals surface area contributed by atoms with Crippen molar-refractivity contribution in [2.45, 2.75) is 63.8 Å². The molecule has 0 radical (unpaired) electrons. The number of ether oxygens (including phenoxy) is 2. The molecule has 4 heterocycles. The van der Waals surface area contributed by atoms with Crippen LogP contribution in [-0.2, 0) is 19.2 Å². The Balaban J connectivity index is 1.82. The first kappa shape index (κ1) is 13.5. The van der Waals surface area contributed by atoms with Gasteiger partial charge in [0.25, 0.3) is 0 Å². The number of aliphatic hydroxyl groups excluding tert-OH is 1. The van der Waals surface area contributed by atoms with Crippen LogP contribution < -0.4 is 0 Å². The van der Waals surface area contributed by atoms with Crippen molar-refractivity contribution in [3.05, 3.63) is 0 Å². The Morgan fingerprint density at radius 2 is 1.95 bits per heavy atom. The lowest BCUT2D eigenvalue weighted by Crippen LogP contribution is -2.70. The van der Waals surface area contributed by atoms with Crippen LogP contribution in [0.4, 0.5) is 0 Å². The second-order valence-corrected chi connectivity index (χ2v) is 7.33. The van der Waals surface area contributed by atoms with Gasteiger partial charge in [-0.2, -0.15) is 0 Å². The zero-order valence-corrected chi connectivity index (χ0v) is 12.4. The highest BCUT2D eigenvalue weighted by molar-refractivity contribution is 5.10. The number of aliphatic hydroxyl groups is 1. The van der Waals surface area contributed by atoms with E-state index < -0.39 is 11.4 Å². The van der Waals surface area contributed by atoms with Crippen molar-refractivity contribution in [2.75, 3.05) is 6.61 Å². The third kappa shape index (κ3) is 1.56. The van der Waals surface area contributed by atoms with Crippen LogP contribution in [0.1, 0.15) is 40.0 Å². The summed E-state index contributed by atoms with van der Waals surface area (Å²) in [5.41, 5.74) is -0.549. The van der Waals surface area contributed by atoms with Crippen LogP contribution >= 0.6 is 0 Å². The second-order valence-electron chi connectivity index (χ2n) is 7.33. The smallest absolute Gasteiger partial charge is 0.201 e. The van der Waals surface area contributed by atoms with E-state index in [0.29, 0.717) is 12.5 Å². The molecule has 0 aromatic carbocycles. The highest BCUT2D eigenvalue weighted by Crippen LogP contribution is 2.59. The molecule has 1 spiro atoms. The first-order chi connectivity index (χ1) is 9.46. The molecule has 1 saturated carbocycles. The Bertz CT molecular complexity index is 411. The molecule has 5 aliphatic rings. The van der Waals surface area contributed by atoms with Gasteiger partial charge in [-0.25, -0.2) is 9.78 Å². The molecule has 5 rings (SSSR count). The molecule has 0 amide bonds. The van der Waals surface area contributed by atoms with Gasteiger partial charge in [0.2, 0.25) is 5.79 Å². The maximum absolute atomic E-state index is 10.4. The van der Waals surface area contributed by atoms with Gasteiger partial charge >= 0.3 is 0 Å². The summed E-state index contributed by atoms with van der Waals surface area (Å²) in [6, 6.07) is 0. The summed E-state index contributed by atoms with van der Waals surface area (Å²) >= 11 is 0. The van der Waals surface area contributed by atoms with E-state index in [9.17, 15) is 5.11 Å². The second kappa shape index (κ2) is 4.17. The minimum Gasteiger partial charge on any atom is -0.393 e. The summed E-state index contributed by atoms with van der Waals surface area (Å²) in [5.74, 6) is 0.234. The lowest BCUT2D eigenvalue weighted by molar-refractivity contribution is -0.568. The molecule has 0 aromatic heterocycles. The summed E-state index contributed by atoms with van der Waals surface area (Å²) in [6.07, 6.45) is 1.81. The van der Waals surface area contributed by atoms with E-state index in [2.05, 4.69) is 13.8 Å². The van der Waals surface area contributed by atoms with Gasteiger partial charge in [0.1, 0.15) is 0 Å². The summed E-state index contributed by atoms with van der Waals surface area (Å²) in [6.45, 7) is 6.84. The third-order valence-electron chi connectivity index (χ3n) is 6.09. The lowest BCUT2D eigenvalue weighted by Gasteiger charge is -2.59. The van der Waals surface area contributed by atoms with Gasteiger partial charge in [-0.1, -0.05) is 13.8 Å². The van der Waals surface area contributed by atoms with Crippen molar-refractivity contribution < 1.29 is 24.4 Å². The summed E-state index contributed by atoms with van der Waals surface area (Å²) in [4.78, 5) is 11.6. The maximum atomic E-state index is 10.4. The van der Waals surface area contributed by atoms with Crippen LogP contribution in [0.5, 0.6) is 0 Å². The monoisotopic (exact) mass is 284 g/mol. The normalized spacial score (nSPS) is 61.8. The topological polar surface area (TPSA) is 57.2 Å².